The molecular weight excluding hydrogens is 322 g/mol. The van der Waals surface area contributed by atoms with Crippen molar-refractivity contribution in [3.63, 3.8) is 0 Å². The zero-order chi connectivity index (χ0) is 18.2. The number of nitrogens with zero attached hydrogens (tertiary/aromatic N) is 2. The number of amides is 1. The smallest absolute Gasteiger partial charge is 0.221 e. The number of rotatable bonds is 5. The molecule has 26 heavy (non-hydrogen) atoms. The van der Waals surface area contributed by atoms with E-state index in [9.17, 15) is 4.79 Å². The van der Waals surface area contributed by atoms with E-state index < -0.39 is 0 Å². The van der Waals surface area contributed by atoms with Gasteiger partial charge in [0.05, 0.1) is 6.21 Å². The van der Waals surface area contributed by atoms with E-state index in [1.54, 1.807) is 6.21 Å². The Balaban J connectivity index is 1.84. The lowest BCUT2D eigenvalue weighted by molar-refractivity contribution is -0.114. The molecule has 0 saturated carbocycles. The van der Waals surface area contributed by atoms with Crippen LogP contribution in [0.25, 0.3) is 0 Å². The molecule has 128 valence electrons. The van der Waals surface area contributed by atoms with Crippen LogP contribution in [0.1, 0.15) is 23.6 Å². The van der Waals surface area contributed by atoms with Crippen LogP contribution in [0.5, 0.6) is 0 Å². The average Bonchev–Trinajstić information content (AvgIpc) is 2.67. The Morgan fingerprint density at radius 2 is 1.35 bits per heavy atom. The molecule has 0 aliphatic rings. The standard InChI is InChI=1S/C22H19N3O/c1-17(26)24-21-14-12-18(13-15-21)16-23-25-22(19-8-4-2-5-9-19)20-10-6-3-7-11-20/h2-16H,1H3,(H,24,26)/b23-16+. The van der Waals surface area contributed by atoms with Gasteiger partial charge < -0.3 is 5.32 Å². The van der Waals surface area contributed by atoms with Gasteiger partial charge in [0.1, 0.15) is 5.71 Å². The largest absolute Gasteiger partial charge is 0.326 e. The second-order valence-electron chi connectivity index (χ2n) is 5.73. The van der Waals surface area contributed by atoms with Gasteiger partial charge in [0.25, 0.3) is 0 Å². The second-order valence-corrected chi connectivity index (χ2v) is 5.73. The molecule has 3 aromatic carbocycles. The van der Waals surface area contributed by atoms with Crippen molar-refractivity contribution in [2.45, 2.75) is 6.92 Å². The van der Waals surface area contributed by atoms with Crippen molar-refractivity contribution < 1.29 is 4.79 Å². The van der Waals surface area contributed by atoms with Crippen molar-refractivity contribution in [2.24, 2.45) is 10.2 Å². The lowest BCUT2D eigenvalue weighted by atomic mass is 10.0. The first-order valence-electron chi connectivity index (χ1n) is 8.32. The number of anilines is 1. The molecule has 3 aromatic rings. The lowest BCUT2D eigenvalue weighted by Crippen LogP contribution is -2.05. The van der Waals surface area contributed by atoms with Gasteiger partial charge in [-0.3, -0.25) is 4.79 Å². The molecule has 0 unspecified atom stereocenters. The molecule has 1 amide bonds. The quantitative estimate of drug-likeness (QED) is 0.538. The molecule has 0 aliphatic carbocycles. The average molecular weight is 341 g/mol. The van der Waals surface area contributed by atoms with E-state index in [0.29, 0.717) is 0 Å². The third kappa shape index (κ3) is 4.74. The summed E-state index contributed by atoms with van der Waals surface area (Å²) in [4.78, 5) is 11.1. The molecule has 0 atom stereocenters. The fourth-order valence-corrected chi connectivity index (χ4v) is 2.48. The molecule has 4 nitrogen and oxygen atoms in total. The highest BCUT2D eigenvalue weighted by Gasteiger charge is 2.05. The SMILES string of the molecule is CC(=O)Nc1ccc(/C=N/N=C(c2ccccc2)c2ccccc2)cc1. The Labute approximate surface area is 152 Å². The minimum atomic E-state index is -0.0913. The van der Waals surface area contributed by atoms with Gasteiger partial charge in [-0.15, -0.1) is 5.10 Å². The summed E-state index contributed by atoms with van der Waals surface area (Å²) in [5.41, 5.74) is 4.50. The molecule has 0 radical (unpaired) electrons. The minimum absolute atomic E-state index is 0.0913. The van der Waals surface area contributed by atoms with E-state index in [2.05, 4.69) is 15.5 Å². The summed E-state index contributed by atoms with van der Waals surface area (Å²) in [6.45, 7) is 1.48. The molecule has 0 bridgehead atoms. The highest BCUT2D eigenvalue weighted by atomic mass is 16.1. The summed E-state index contributed by atoms with van der Waals surface area (Å²) in [5, 5.41) is 11.4. The maximum atomic E-state index is 11.1. The number of benzene rings is 3. The summed E-state index contributed by atoms with van der Waals surface area (Å²) < 4.78 is 0. The molecular formula is C22H19N3O. The van der Waals surface area contributed by atoms with E-state index in [0.717, 1.165) is 28.1 Å². The molecule has 0 fully saturated rings. The minimum Gasteiger partial charge on any atom is -0.326 e. The molecule has 0 spiro atoms. The summed E-state index contributed by atoms with van der Waals surface area (Å²) in [6.07, 6.45) is 1.70. The van der Waals surface area contributed by atoms with Crippen LogP contribution in [0.2, 0.25) is 0 Å². The van der Waals surface area contributed by atoms with Crippen LogP contribution in [-0.2, 0) is 4.79 Å². The van der Waals surface area contributed by atoms with Gasteiger partial charge in [-0.05, 0) is 17.7 Å². The highest BCUT2D eigenvalue weighted by molar-refractivity contribution is 6.12. The third-order valence-electron chi connectivity index (χ3n) is 3.69. The third-order valence-corrected chi connectivity index (χ3v) is 3.69. The van der Waals surface area contributed by atoms with Crippen molar-refractivity contribution >= 4 is 23.5 Å². The zero-order valence-corrected chi connectivity index (χ0v) is 14.5. The van der Waals surface area contributed by atoms with Crippen LogP contribution >= 0.6 is 0 Å². The second kappa shape index (κ2) is 8.53. The first-order valence-corrected chi connectivity index (χ1v) is 8.32. The number of carbonyl (C=O) groups excluding carboxylic acids is 1. The monoisotopic (exact) mass is 341 g/mol. The van der Waals surface area contributed by atoms with Crippen molar-refractivity contribution in [3.05, 3.63) is 102 Å². The predicted molar refractivity (Wildman–Crippen MR) is 107 cm³/mol. The van der Waals surface area contributed by atoms with Crippen molar-refractivity contribution in [3.8, 4) is 0 Å². The Hall–Kier alpha value is -3.53. The van der Waals surface area contributed by atoms with Gasteiger partial charge in [-0.2, -0.15) is 5.10 Å². The van der Waals surface area contributed by atoms with Gasteiger partial charge in [0.15, 0.2) is 0 Å². The first-order chi connectivity index (χ1) is 12.7. The van der Waals surface area contributed by atoms with Gasteiger partial charge >= 0.3 is 0 Å². The van der Waals surface area contributed by atoms with Crippen molar-refractivity contribution in [2.75, 3.05) is 5.32 Å². The fourth-order valence-electron chi connectivity index (χ4n) is 2.48. The van der Waals surface area contributed by atoms with Crippen molar-refractivity contribution in [1.82, 2.24) is 0 Å². The van der Waals surface area contributed by atoms with E-state index in [-0.39, 0.29) is 5.91 Å². The maximum absolute atomic E-state index is 11.1. The van der Waals surface area contributed by atoms with Crippen LogP contribution in [0.3, 0.4) is 0 Å². The Bertz CT molecular complexity index is 873. The van der Waals surface area contributed by atoms with Gasteiger partial charge in [0.2, 0.25) is 5.91 Å². The van der Waals surface area contributed by atoms with E-state index in [4.69, 9.17) is 0 Å². The predicted octanol–water partition coefficient (Wildman–Crippen LogP) is 4.52. The van der Waals surface area contributed by atoms with E-state index >= 15 is 0 Å². The van der Waals surface area contributed by atoms with Gasteiger partial charge in [0, 0.05) is 23.7 Å². The Morgan fingerprint density at radius 3 is 1.85 bits per heavy atom. The highest BCUT2D eigenvalue weighted by Crippen LogP contribution is 2.12. The molecule has 0 aromatic heterocycles. The van der Waals surface area contributed by atoms with Crippen LogP contribution in [0.15, 0.2) is 95.1 Å². The van der Waals surface area contributed by atoms with E-state index in [1.807, 2.05) is 84.9 Å². The maximum Gasteiger partial charge on any atom is 0.221 e. The number of hydrogen-bond donors (Lipinski definition) is 1. The normalized spacial score (nSPS) is 10.5. The Morgan fingerprint density at radius 1 is 0.808 bits per heavy atom. The number of hydrogen-bond acceptors (Lipinski definition) is 3. The number of nitrogens with one attached hydrogen (secondary N) is 1. The van der Waals surface area contributed by atoms with Crippen LogP contribution in [0, 0.1) is 0 Å². The van der Waals surface area contributed by atoms with Gasteiger partial charge in [-0.25, -0.2) is 0 Å². The topological polar surface area (TPSA) is 53.8 Å². The zero-order valence-electron chi connectivity index (χ0n) is 14.5. The van der Waals surface area contributed by atoms with Crippen LogP contribution in [0.4, 0.5) is 5.69 Å². The van der Waals surface area contributed by atoms with E-state index in [1.165, 1.54) is 6.92 Å². The fraction of sp³-hybridized carbons (Fsp3) is 0.0455. The Kier molecular flexibility index (Phi) is 5.68. The molecule has 1 N–H and O–H groups in total. The molecule has 0 saturated heterocycles. The van der Waals surface area contributed by atoms with Gasteiger partial charge in [-0.1, -0.05) is 72.8 Å². The molecule has 3 rings (SSSR count). The lowest BCUT2D eigenvalue weighted by Gasteiger charge is -2.05. The summed E-state index contributed by atoms with van der Waals surface area (Å²) in [5.74, 6) is -0.0913. The van der Waals surface area contributed by atoms with Crippen molar-refractivity contribution in [1.29, 1.82) is 0 Å². The summed E-state index contributed by atoms with van der Waals surface area (Å²) in [7, 11) is 0. The molecule has 0 aliphatic heterocycles. The first kappa shape index (κ1) is 17.3. The number of carbonyl (C=O) groups is 1. The van der Waals surface area contributed by atoms with Crippen LogP contribution in [-0.4, -0.2) is 17.8 Å². The molecule has 4 heteroatoms. The summed E-state index contributed by atoms with van der Waals surface area (Å²) in [6, 6.07) is 27.4. The summed E-state index contributed by atoms with van der Waals surface area (Å²) >= 11 is 0. The molecule has 0 heterocycles. The van der Waals surface area contributed by atoms with Crippen LogP contribution < -0.4 is 5.32 Å².